The van der Waals surface area contributed by atoms with Crippen LogP contribution in [-0.2, 0) is 28.6 Å². The van der Waals surface area contributed by atoms with Crippen LogP contribution in [0.2, 0.25) is 5.02 Å². The van der Waals surface area contributed by atoms with Crippen molar-refractivity contribution in [1.29, 1.82) is 0 Å². The standard InChI is InChI=1S/C24H19ClF3N3O3/c25-20-8-3-15(11-19(20)24(26,27)28)10-17(32)9-14-1-6-18(7-2-14)34-22-12-21(29-13-30-22)31-23(33)16-4-5-16/h1-3,6-8,11-13,16H,4-5,9-10H2,(H,29,30,31,33). The van der Waals surface area contributed by atoms with Crippen molar-refractivity contribution in [2.45, 2.75) is 31.9 Å². The van der Waals surface area contributed by atoms with Crippen LogP contribution in [0.4, 0.5) is 19.0 Å². The summed E-state index contributed by atoms with van der Waals surface area (Å²) in [5.41, 5.74) is -0.0293. The van der Waals surface area contributed by atoms with Crippen molar-refractivity contribution < 1.29 is 27.5 Å². The van der Waals surface area contributed by atoms with Crippen LogP contribution >= 0.6 is 11.6 Å². The van der Waals surface area contributed by atoms with E-state index in [1.807, 2.05) is 0 Å². The molecule has 0 saturated heterocycles. The van der Waals surface area contributed by atoms with Gasteiger partial charge in [0.1, 0.15) is 23.7 Å². The highest BCUT2D eigenvalue weighted by molar-refractivity contribution is 6.31. The van der Waals surface area contributed by atoms with Crippen molar-refractivity contribution >= 4 is 29.1 Å². The zero-order chi connectivity index (χ0) is 24.3. The van der Waals surface area contributed by atoms with E-state index in [0.717, 1.165) is 25.0 Å². The molecule has 1 heterocycles. The number of Topliss-reactive ketones (excluding diaryl/α,β-unsaturated/α-hetero) is 1. The SMILES string of the molecule is O=C(Cc1ccc(Oc2cc(NC(=O)C3CC3)ncn2)cc1)Cc1ccc(Cl)c(C(F)(F)F)c1. The van der Waals surface area contributed by atoms with Crippen molar-refractivity contribution in [3.05, 3.63) is 76.6 Å². The minimum Gasteiger partial charge on any atom is -0.439 e. The lowest BCUT2D eigenvalue weighted by atomic mass is 10.0. The summed E-state index contributed by atoms with van der Waals surface area (Å²) in [6.45, 7) is 0. The second-order valence-electron chi connectivity index (χ2n) is 7.96. The maximum atomic E-state index is 13.0. The van der Waals surface area contributed by atoms with Crippen LogP contribution in [0, 0.1) is 5.92 Å². The zero-order valence-electron chi connectivity index (χ0n) is 17.7. The van der Waals surface area contributed by atoms with Gasteiger partial charge in [-0.1, -0.05) is 29.8 Å². The zero-order valence-corrected chi connectivity index (χ0v) is 18.5. The van der Waals surface area contributed by atoms with Crippen LogP contribution < -0.4 is 10.1 Å². The molecule has 4 rings (SSSR count). The number of aromatic nitrogens is 2. The number of rotatable bonds is 8. The fourth-order valence-corrected chi connectivity index (χ4v) is 3.48. The molecular formula is C24H19ClF3N3O3. The van der Waals surface area contributed by atoms with Crippen molar-refractivity contribution in [2.24, 2.45) is 5.92 Å². The van der Waals surface area contributed by atoms with Gasteiger partial charge in [0, 0.05) is 24.8 Å². The van der Waals surface area contributed by atoms with Gasteiger partial charge in [-0.15, -0.1) is 0 Å². The van der Waals surface area contributed by atoms with Crippen LogP contribution in [0.1, 0.15) is 29.5 Å². The molecule has 3 aromatic rings. The van der Waals surface area contributed by atoms with Gasteiger partial charge in [0.2, 0.25) is 11.8 Å². The summed E-state index contributed by atoms with van der Waals surface area (Å²) in [6.07, 6.45) is -1.64. The summed E-state index contributed by atoms with van der Waals surface area (Å²) in [4.78, 5) is 32.3. The highest BCUT2D eigenvalue weighted by atomic mass is 35.5. The third-order valence-electron chi connectivity index (χ3n) is 5.13. The topological polar surface area (TPSA) is 81.2 Å². The number of ketones is 1. The van der Waals surface area contributed by atoms with E-state index in [9.17, 15) is 22.8 Å². The number of nitrogens with zero attached hydrogens (tertiary/aromatic N) is 2. The first-order valence-corrected chi connectivity index (χ1v) is 10.8. The van der Waals surface area contributed by atoms with Gasteiger partial charge < -0.3 is 10.1 Å². The van der Waals surface area contributed by atoms with E-state index >= 15 is 0 Å². The molecule has 1 fully saturated rings. The molecule has 0 atom stereocenters. The van der Waals surface area contributed by atoms with E-state index in [1.165, 1.54) is 18.5 Å². The van der Waals surface area contributed by atoms with Gasteiger partial charge in [-0.25, -0.2) is 9.97 Å². The molecule has 1 aliphatic rings. The van der Waals surface area contributed by atoms with Gasteiger partial charge in [-0.2, -0.15) is 13.2 Å². The summed E-state index contributed by atoms with van der Waals surface area (Å²) >= 11 is 5.62. The lowest BCUT2D eigenvalue weighted by Gasteiger charge is -2.11. The monoisotopic (exact) mass is 489 g/mol. The first-order chi connectivity index (χ1) is 16.2. The molecule has 34 heavy (non-hydrogen) atoms. The molecule has 1 aromatic heterocycles. The second kappa shape index (κ2) is 9.80. The number of benzene rings is 2. The number of amides is 1. The van der Waals surface area contributed by atoms with Crippen LogP contribution in [0.5, 0.6) is 11.6 Å². The van der Waals surface area contributed by atoms with Crippen molar-refractivity contribution in [3.63, 3.8) is 0 Å². The Hall–Kier alpha value is -3.46. The largest absolute Gasteiger partial charge is 0.439 e. The molecular weight excluding hydrogens is 471 g/mol. The molecule has 6 nitrogen and oxygen atoms in total. The maximum Gasteiger partial charge on any atom is 0.417 e. The Bertz CT molecular complexity index is 1210. The Kier molecular flexibility index (Phi) is 6.83. The smallest absolute Gasteiger partial charge is 0.417 e. The van der Waals surface area contributed by atoms with Gasteiger partial charge in [-0.05, 0) is 48.2 Å². The van der Waals surface area contributed by atoms with E-state index in [4.69, 9.17) is 16.3 Å². The third-order valence-corrected chi connectivity index (χ3v) is 5.46. The fourth-order valence-electron chi connectivity index (χ4n) is 3.25. The Morgan fingerprint density at radius 2 is 1.68 bits per heavy atom. The van der Waals surface area contributed by atoms with E-state index < -0.39 is 16.8 Å². The van der Waals surface area contributed by atoms with E-state index in [0.29, 0.717) is 17.1 Å². The van der Waals surface area contributed by atoms with Gasteiger partial charge in [0.05, 0.1) is 10.6 Å². The van der Waals surface area contributed by atoms with Gasteiger partial charge in [0.15, 0.2) is 0 Å². The number of nitrogens with one attached hydrogen (secondary N) is 1. The molecule has 0 unspecified atom stereocenters. The van der Waals surface area contributed by atoms with Crippen LogP contribution in [0.25, 0.3) is 0 Å². The van der Waals surface area contributed by atoms with E-state index in [2.05, 4.69) is 15.3 Å². The highest BCUT2D eigenvalue weighted by Gasteiger charge is 2.33. The number of halogens is 4. The molecule has 10 heteroatoms. The molecule has 2 aromatic carbocycles. The number of ether oxygens (including phenoxy) is 1. The minimum absolute atomic E-state index is 0.0426. The summed E-state index contributed by atoms with van der Waals surface area (Å²) in [5, 5.41) is 2.32. The van der Waals surface area contributed by atoms with E-state index in [1.54, 1.807) is 24.3 Å². The minimum atomic E-state index is -4.58. The third kappa shape index (κ3) is 6.32. The van der Waals surface area contributed by atoms with E-state index in [-0.39, 0.29) is 41.9 Å². The average Bonchev–Trinajstić information content (AvgIpc) is 3.62. The number of carbonyl (C=O) groups excluding carboxylic acids is 2. The fraction of sp³-hybridized carbons (Fsp3) is 0.250. The van der Waals surface area contributed by atoms with Crippen LogP contribution in [-0.4, -0.2) is 21.7 Å². The molecule has 1 amide bonds. The Morgan fingerprint density at radius 1 is 1.00 bits per heavy atom. The lowest BCUT2D eigenvalue weighted by molar-refractivity contribution is -0.137. The number of hydrogen-bond acceptors (Lipinski definition) is 5. The van der Waals surface area contributed by atoms with Gasteiger partial charge in [0.25, 0.3) is 0 Å². The van der Waals surface area contributed by atoms with Crippen molar-refractivity contribution in [1.82, 2.24) is 9.97 Å². The number of anilines is 1. The molecule has 1 aliphatic carbocycles. The Morgan fingerprint density at radius 3 is 2.35 bits per heavy atom. The molecule has 1 N–H and O–H groups in total. The first-order valence-electron chi connectivity index (χ1n) is 10.4. The van der Waals surface area contributed by atoms with Crippen LogP contribution in [0.15, 0.2) is 54.9 Å². The predicted octanol–water partition coefficient (Wildman–Crippen LogP) is 5.64. The number of hydrogen-bond donors (Lipinski definition) is 1. The van der Waals surface area contributed by atoms with Gasteiger partial charge in [-0.3, -0.25) is 9.59 Å². The number of alkyl halides is 3. The number of carbonyl (C=O) groups is 2. The van der Waals surface area contributed by atoms with Crippen molar-refractivity contribution in [2.75, 3.05) is 5.32 Å². The Balaban J connectivity index is 1.34. The van der Waals surface area contributed by atoms with Crippen molar-refractivity contribution in [3.8, 4) is 11.6 Å². The van der Waals surface area contributed by atoms with Gasteiger partial charge >= 0.3 is 6.18 Å². The summed E-state index contributed by atoms with van der Waals surface area (Å²) < 4.78 is 44.7. The predicted molar refractivity (Wildman–Crippen MR) is 119 cm³/mol. The highest BCUT2D eigenvalue weighted by Crippen LogP contribution is 2.35. The average molecular weight is 490 g/mol. The molecule has 0 aliphatic heterocycles. The molecule has 176 valence electrons. The molecule has 1 saturated carbocycles. The first kappa shape index (κ1) is 23.7. The second-order valence-corrected chi connectivity index (χ2v) is 8.36. The molecule has 0 bridgehead atoms. The van der Waals surface area contributed by atoms with Crippen LogP contribution in [0.3, 0.4) is 0 Å². The molecule has 0 radical (unpaired) electrons. The molecule has 0 spiro atoms. The lowest BCUT2D eigenvalue weighted by Crippen LogP contribution is -2.14. The summed E-state index contributed by atoms with van der Waals surface area (Å²) in [5.74, 6) is 0.777. The summed E-state index contributed by atoms with van der Waals surface area (Å²) in [6, 6.07) is 11.7. The quantitative estimate of drug-likeness (QED) is 0.442. The normalized spacial score (nSPS) is 13.4. The maximum absolute atomic E-state index is 13.0. The Labute approximate surface area is 198 Å². The summed E-state index contributed by atoms with van der Waals surface area (Å²) in [7, 11) is 0.